The van der Waals surface area contributed by atoms with E-state index in [0.717, 1.165) is 5.56 Å². The summed E-state index contributed by atoms with van der Waals surface area (Å²) in [4.78, 5) is 39.2. The molecule has 128 valence electrons. The van der Waals surface area contributed by atoms with Gasteiger partial charge in [-0.25, -0.2) is 9.36 Å². The minimum Gasteiger partial charge on any atom is -0.294 e. The number of fused-ring (bicyclic) bond motifs is 3. The SMILES string of the molecule is O=C1CCCC2=C1C(c1ccccc1)n1c(=O)c3ccccc3c(=O)n12. The molecule has 26 heavy (non-hydrogen) atoms. The largest absolute Gasteiger partial charge is 0.294 e. The van der Waals surface area contributed by atoms with Crippen LogP contribution in [0.3, 0.4) is 0 Å². The van der Waals surface area contributed by atoms with E-state index in [2.05, 4.69) is 0 Å². The van der Waals surface area contributed by atoms with E-state index in [4.69, 9.17) is 0 Å². The van der Waals surface area contributed by atoms with Gasteiger partial charge in [-0.1, -0.05) is 42.5 Å². The first-order chi connectivity index (χ1) is 12.7. The van der Waals surface area contributed by atoms with Crippen molar-refractivity contribution in [3.63, 3.8) is 0 Å². The number of carbonyl (C=O) groups excluding carboxylic acids is 1. The second-order valence-electron chi connectivity index (χ2n) is 6.76. The summed E-state index contributed by atoms with van der Waals surface area (Å²) >= 11 is 0. The Morgan fingerprint density at radius 2 is 1.42 bits per heavy atom. The van der Waals surface area contributed by atoms with E-state index in [1.54, 1.807) is 24.3 Å². The second kappa shape index (κ2) is 5.39. The van der Waals surface area contributed by atoms with Crippen LogP contribution in [-0.2, 0) is 4.79 Å². The van der Waals surface area contributed by atoms with E-state index in [1.165, 1.54) is 9.36 Å². The number of carbonyl (C=O) groups is 1. The molecule has 1 atom stereocenters. The molecule has 0 spiro atoms. The van der Waals surface area contributed by atoms with Crippen molar-refractivity contribution in [1.82, 2.24) is 9.36 Å². The molecule has 5 heteroatoms. The van der Waals surface area contributed by atoms with Gasteiger partial charge in [0.05, 0.1) is 16.5 Å². The summed E-state index contributed by atoms with van der Waals surface area (Å²) in [7, 11) is 0. The molecule has 3 aromatic rings. The van der Waals surface area contributed by atoms with E-state index >= 15 is 0 Å². The van der Waals surface area contributed by atoms with Gasteiger partial charge in [0, 0.05) is 12.0 Å². The van der Waals surface area contributed by atoms with Crippen LogP contribution >= 0.6 is 0 Å². The number of rotatable bonds is 1. The Balaban J connectivity index is 1.95. The molecule has 2 heterocycles. The highest BCUT2D eigenvalue weighted by atomic mass is 16.2. The summed E-state index contributed by atoms with van der Waals surface area (Å²) in [6.45, 7) is 0. The molecule has 0 saturated heterocycles. The zero-order valence-electron chi connectivity index (χ0n) is 14.0. The molecule has 0 fully saturated rings. The second-order valence-corrected chi connectivity index (χ2v) is 6.76. The standard InChI is InChI=1S/C21H16N2O3/c24-17-12-6-11-16-18(17)19(13-7-2-1-3-8-13)23-21(26)15-10-5-4-9-14(15)20(25)22(16)23/h1-5,7-10,19H,6,11-12H2. The lowest BCUT2D eigenvalue weighted by atomic mass is 9.88. The minimum atomic E-state index is -0.538. The van der Waals surface area contributed by atoms with Gasteiger partial charge in [-0.3, -0.25) is 14.4 Å². The Bertz CT molecular complexity index is 1220. The molecule has 1 unspecified atom stereocenters. The van der Waals surface area contributed by atoms with Crippen LogP contribution in [0.25, 0.3) is 16.5 Å². The number of benzene rings is 2. The number of ketones is 1. The summed E-state index contributed by atoms with van der Waals surface area (Å²) in [6, 6.07) is 15.8. The van der Waals surface area contributed by atoms with E-state index in [0.29, 0.717) is 41.3 Å². The number of allylic oxidation sites excluding steroid dienone is 2. The van der Waals surface area contributed by atoms with Crippen LogP contribution in [0, 0.1) is 0 Å². The van der Waals surface area contributed by atoms with Gasteiger partial charge in [-0.2, -0.15) is 0 Å². The molecule has 5 nitrogen and oxygen atoms in total. The molecule has 5 rings (SSSR count). The van der Waals surface area contributed by atoms with Crippen molar-refractivity contribution in [3.05, 3.63) is 86.4 Å². The van der Waals surface area contributed by atoms with Crippen LogP contribution in [0.1, 0.15) is 30.9 Å². The van der Waals surface area contributed by atoms with Crippen LogP contribution in [0.2, 0.25) is 0 Å². The van der Waals surface area contributed by atoms with Gasteiger partial charge in [-0.05, 0) is 30.5 Å². The maximum Gasteiger partial charge on any atom is 0.277 e. The lowest BCUT2D eigenvalue weighted by Gasteiger charge is -2.18. The summed E-state index contributed by atoms with van der Waals surface area (Å²) in [5.74, 6) is 0.0270. The highest BCUT2D eigenvalue weighted by molar-refractivity contribution is 6.04. The topological polar surface area (TPSA) is 61.1 Å². The van der Waals surface area contributed by atoms with Crippen molar-refractivity contribution in [3.8, 4) is 0 Å². The normalized spacial score (nSPS) is 18.9. The molecule has 2 aromatic carbocycles. The third-order valence-corrected chi connectivity index (χ3v) is 5.32. The molecule has 0 bridgehead atoms. The molecule has 0 radical (unpaired) electrons. The number of nitrogens with zero attached hydrogens (tertiary/aromatic N) is 2. The van der Waals surface area contributed by atoms with Crippen LogP contribution in [0.5, 0.6) is 0 Å². The predicted octanol–water partition coefficient (Wildman–Crippen LogP) is 2.73. The molecule has 0 saturated carbocycles. The van der Waals surface area contributed by atoms with Gasteiger partial charge in [0.1, 0.15) is 6.04 Å². The van der Waals surface area contributed by atoms with Crippen molar-refractivity contribution in [2.24, 2.45) is 0 Å². The summed E-state index contributed by atoms with van der Waals surface area (Å²) in [6.07, 6.45) is 1.79. The molecule has 2 aliphatic rings. The Morgan fingerprint density at radius 3 is 2.15 bits per heavy atom. The lowest BCUT2D eigenvalue weighted by molar-refractivity contribution is -0.116. The van der Waals surface area contributed by atoms with Crippen molar-refractivity contribution < 1.29 is 4.79 Å². The van der Waals surface area contributed by atoms with Crippen molar-refractivity contribution in [2.75, 3.05) is 0 Å². The maximum absolute atomic E-state index is 13.3. The fourth-order valence-electron chi connectivity index (χ4n) is 4.21. The predicted molar refractivity (Wildman–Crippen MR) is 99.1 cm³/mol. The molecule has 1 aliphatic heterocycles. The van der Waals surface area contributed by atoms with E-state index < -0.39 is 6.04 Å². The quantitative estimate of drug-likeness (QED) is 0.682. The van der Waals surface area contributed by atoms with Gasteiger partial charge < -0.3 is 0 Å². The van der Waals surface area contributed by atoms with Crippen molar-refractivity contribution >= 4 is 22.3 Å². The maximum atomic E-state index is 13.3. The average Bonchev–Trinajstić information content (AvgIpc) is 3.04. The highest BCUT2D eigenvalue weighted by Gasteiger charge is 2.39. The van der Waals surface area contributed by atoms with Gasteiger partial charge in [0.15, 0.2) is 5.78 Å². The summed E-state index contributed by atoms with van der Waals surface area (Å²) < 4.78 is 2.93. The fraction of sp³-hybridized carbons (Fsp3) is 0.190. The lowest BCUT2D eigenvalue weighted by Crippen LogP contribution is -2.37. The van der Waals surface area contributed by atoms with E-state index in [1.807, 2.05) is 30.3 Å². The van der Waals surface area contributed by atoms with E-state index in [-0.39, 0.29) is 16.9 Å². The Morgan fingerprint density at radius 1 is 0.769 bits per heavy atom. The van der Waals surface area contributed by atoms with Crippen LogP contribution in [-0.4, -0.2) is 15.1 Å². The Labute approximate surface area is 148 Å². The Hall–Kier alpha value is -3.21. The van der Waals surface area contributed by atoms with Gasteiger partial charge >= 0.3 is 0 Å². The zero-order valence-corrected chi connectivity index (χ0v) is 14.0. The third-order valence-electron chi connectivity index (χ3n) is 5.32. The van der Waals surface area contributed by atoms with Crippen LogP contribution in [0.15, 0.2) is 69.8 Å². The number of hydrogen-bond acceptors (Lipinski definition) is 3. The number of Topliss-reactive ketones (excluding diaryl/α,β-unsaturated/α-hetero) is 1. The Kier molecular flexibility index (Phi) is 3.13. The van der Waals surface area contributed by atoms with Crippen molar-refractivity contribution in [2.45, 2.75) is 25.3 Å². The van der Waals surface area contributed by atoms with Gasteiger partial charge in [0.2, 0.25) is 0 Å². The average molecular weight is 344 g/mol. The minimum absolute atomic E-state index is 0.0270. The molecular formula is C21H16N2O3. The smallest absolute Gasteiger partial charge is 0.277 e. The van der Waals surface area contributed by atoms with Crippen LogP contribution < -0.4 is 11.1 Å². The van der Waals surface area contributed by atoms with Crippen LogP contribution in [0.4, 0.5) is 0 Å². The van der Waals surface area contributed by atoms with Gasteiger partial charge in [-0.15, -0.1) is 0 Å². The number of hydrogen-bond donors (Lipinski definition) is 0. The molecule has 1 aromatic heterocycles. The molecule has 0 N–H and O–H groups in total. The first-order valence-corrected chi connectivity index (χ1v) is 8.76. The van der Waals surface area contributed by atoms with E-state index in [9.17, 15) is 14.4 Å². The highest BCUT2D eigenvalue weighted by Crippen LogP contribution is 2.40. The summed E-state index contributed by atoms with van der Waals surface area (Å²) in [5.41, 5.74) is 1.65. The summed E-state index contributed by atoms with van der Waals surface area (Å²) in [5, 5.41) is 0.786. The first-order valence-electron chi connectivity index (χ1n) is 8.76. The zero-order chi connectivity index (χ0) is 17.8. The van der Waals surface area contributed by atoms with Gasteiger partial charge in [0.25, 0.3) is 11.1 Å². The fourth-order valence-corrected chi connectivity index (χ4v) is 4.21. The number of aromatic nitrogens is 2. The molecule has 0 amide bonds. The van der Waals surface area contributed by atoms with Crippen molar-refractivity contribution in [1.29, 1.82) is 0 Å². The molecular weight excluding hydrogens is 328 g/mol. The third kappa shape index (κ3) is 1.88. The molecule has 1 aliphatic carbocycles. The monoisotopic (exact) mass is 344 g/mol. The first kappa shape index (κ1) is 15.1.